The van der Waals surface area contributed by atoms with E-state index in [1.54, 1.807) is 12.3 Å². The molecule has 1 fully saturated rings. The molecule has 0 radical (unpaired) electrons. The fourth-order valence-corrected chi connectivity index (χ4v) is 3.82. The third-order valence-corrected chi connectivity index (χ3v) is 5.36. The number of nitrogens with zero attached hydrogens (tertiary/aromatic N) is 2. The van der Waals surface area contributed by atoms with E-state index in [1.807, 2.05) is 31.3 Å². The van der Waals surface area contributed by atoms with Crippen molar-refractivity contribution in [2.24, 2.45) is 5.92 Å². The standard InChI is InChI=1S/C23H29FN4O2.CH2O2/c1-28-15-18(23(30)26-14-20-7-2-3-12-25-20)9-10-21(16-28)27-22(29)11-8-17-5-4-6-19(24)13-17;2-1-3/h2-7,12-13,18,21H,8-11,14-16H2,1H3,(H,26,30)(H,27,29);1H,(H,2,3)/t18-,21+;/m1./s1. The average molecular weight is 459 g/mol. The first-order chi connectivity index (χ1) is 15.9. The van der Waals surface area contributed by atoms with E-state index in [1.165, 1.54) is 12.1 Å². The predicted octanol–water partition coefficient (Wildman–Crippen LogP) is 2.00. The third-order valence-electron chi connectivity index (χ3n) is 5.36. The van der Waals surface area contributed by atoms with Gasteiger partial charge in [0.2, 0.25) is 11.8 Å². The number of nitrogens with one attached hydrogen (secondary N) is 2. The van der Waals surface area contributed by atoms with E-state index < -0.39 is 0 Å². The number of amides is 2. The summed E-state index contributed by atoms with van der Waals surface area (Å²) in [5.74, 6) is -0.431. The minimum Gasteiger partial charge on any atom is -0.483 e. The van der Waals surface area contributed by atoms with Crippen LogP contribution in [0, 0.1) is 11.7 Å². The fraction of sp³-hybridized carbons (Fsp3) is 0.417. The van der Waals surface area contributed by atoms with E-state index in [0.29, 0.717) is 38.9 Å². The summed E-state index contributed by atoms with van der Waals surface area (Å²) in [6, 6.07) is 12.0. The molecule has 0 saturated carbocycles. The van der Waals surface area contributed by atoms with Crippen LogP contribution in [0.5, 0.6) is 0 Å². The summed E-state index contributed by atoms with van der Waals surface area (Å²) in [5, 5.41) is 12.9. The number of carbonyl (C=O) groups excluding carboxylic acids is 2. The number of aryl methyl sites for hydroxylation is 1. The van der Waals surface area contributed by atoms with Gasteiger partial charge in [0, 0.05) is 31.7 Å². The minimum atomic E-state index is -0.286. The monoisotopic (exact) mass is 458 g/mol. The van der Waals surface area contributed by atoms with E-state index in [4.69, 9.17) is 9.90 Å². The van der Waals surface area contributed by atoms with Crippen LogP contribution in [0.3, 0.4) is 0 Å². The van der Waals surface area contributed by atoms with Gasteiger partial charge in [-0.25, -0.2) is 4.39 Å². The average Bonchev–Trinajstić information content (AvgIpc) is 2.98. The van der Waals surface area contributed by atoms with Gasteiger partial charge in [0.25, 0.3) is 6.47 Å². The molecule has 1 saturated heterocycles. The summed E-state index contributed by atoms with van der Waals surface area (Å²) in [6.07, 6.45) is 4.00. The lowest BCUT2D eigenvalue weighted by molar-refractivity contribution is -0.126. The smallest absolute Gasteiger partial charge is 0.290 e. The summed E-state index contributed by atoms with van der Waals surface area (Å²) in [4.78, 5) is 39.6. The van der Waals surface area contributed by atoms with Crippen molar-refractivity contribution in [3.8, 4) is 0 Å². The number of benzene rings is 1. The number of hydrogen-bond donors (Lipinski definition) is 3. The first-order valence-corrected chi connectivity index (χ1v) is 10.9. The van der Waals surface area contributed by atoms with Crippen LogP contribution >= 0.6 is 0 Å². The normalized spacial score (nSPS) is 18.2. The number of halogens is 1. The molecule has 1 aliphatic rings. The highest BCUT2D eigenvalue weighted by atomic mass is 19.1. The summed E-state index contributed by atoms with van der Waals surface area (Å²) in [7, 11) is 1.97. The highest BCUT2D eigenvalue weighted by molar-refractivity contribution is 5.79. The maximum Gasteiger partial charge on any atom is 0.290 e. The van der Waals surface area contributed by atoms with E-state index in [-0.39, 0.29) is 36.1 Å². The van der Waals surface area contributed by atoms with Gasteiger partial charge in [-0.2, -0.15) is 0 Å². The zero-order chi connectivity index (χ0) is 24.1. The van der Waals surface area contributed by atoms with Crippen molar-refractivity contribution in [3.63, 3.8) is 0 Å². The second-order valence-electron chi connectivity index (χ2n) is 8.03. The highest BCUT2D eigenvalue weighted by Gasteiger charge is 2.27. The molecule has 2 aromatic rings. The van der Waals surface area contributed by atoms with Crippen LogP contribution in [0.2, 0.25) is 0 Å². The quantitative estimate of drug-likeness (QED) is 0.547. The van der Waals surface area contributed by atoms with Gasteiger partial charge in [-0.3, -0.25) is 19.4 Å². The second-order valence-corrected chi connectivity index (χ2v) is 8.03. The van der Waals surface area contributed by atoms with Crippen LogP contribution in [-0.2, 0) is 27.3 Å². The topological polar surface area (TPSA) is 112 Å². The maximum atomic E-state index is 13.3. The molecule has 0 unspecified atom stereocenters. The molecule has 1 aromatic carbocycles. The van der Waals surface area contributed by atoms with Crippen molar-refractivity contribution in [1.29, 1.82) is 0 Å². The van der Waals surface area contributed by atoms with E-state index in [2.05, 4.69) is 20.5 Å². The van der Waals surface area contributed by atoms with Crippen molar-refractivity contribution in [3.05, 3.63) is 65.7 Å². The zero-order valence-corrected chi connectivity index (χ0v) is 18.7. The minimum absolute atomic E-state index is 0.00333. The van der Waals surface area contributed by atoms with Gasteiger partial charge in [-0.1, -0.05) is 18.2 Å². The molecule has 2 atom stereocenters. The maximum absolute atomic E-state index is 13.3. The lowest BCUT2D eigenvalue weighted by Gasteiger charge is -2.22. The van der Waals surface area contributed by atoms with Gasteiger partial charge in [0.1, 0.15) is 5.82 Å². The van der Waals surface area contributed by atoms with Crippen molar-refractivity contribution < 1.29 is 23.9 Å². The van der Waals surface area contributed by atoms with Crippen molar-refractivity contribution in [1.82, 2.24) is 20.5 Å². The summed E-state index contributed by atoms with van der Waals surface area (Å²) in [5.41, 5.74) is 1.64. The van der Waals surface area contributed by atoms with Gasteiger partial charge >= 0.3 is 0 Å². The Kier molecular flexibility index (Phi) is 11.0. The molecule has 8 nitrogen and oxygen atoms in total. The van der Waals surface area contributed by atoms with Crippen LogP contribution in [0.15, 0.2) is 48.7 Å². The van der Waals surface area contributed by atoms with Gasteiger partial charge in [0.05, 0.1) is 18.2 Å². The Morgan fingerprint density at radius 2 is 2.00 bits per heavy atom. The van der Waals surface area contributed by atoms with E-state index >= 15 is 0 Å². The first-order valence-electron chi connectivity index (χ1n) is 10.9. The SMILES string of the molecule is CN1C[C@@H](NC(=O)CCc2cccc(F)c2)CC[C@@H](C(=O)NCc2ccccn2)C1.O=CO. The number of carbonyl (C=O) groups is 3. The molecule has 0 spiro atoms. The highest BCUT2D eigenvalue weighted by Crippen LogP contribution is 2.17. The van der Waals surface area contributed by atoms with Gasteiger partial charge in [0.15, 0.2) is 0 Å². The molecule has 9 heteroatoms. The van der Waals surface area contributed by atoms with Crippen LogP contribution in [0.4, 0.5) is 4.39 Å². The van der Waals surface area contributed by atoms with Gasteiger partial charge in [-0.15, -0.1) is 0 Å². The Bertz CT molecular complexity index is 897. The molecule has 3 rings (SSSR count). The van der Waals surface area contributed by atoms with Crippen molar-refractivity contribution >= 4 is 18.3 Å². The molecule has 33 heavy (non-hydrogen) atoms. The molecule has 3 N–H and O–H groups in total. The molecule has 1 aromatic heterocycles. The molecule has 1 aliphatic heterocycles. The Labute approximate surface area is 193 Å². The third kappa shape index (κ3) is 9.78. The predicted molar refractivity (Wildman–Crippen MR) is 122 cm³/mol. The lowest BCUT2D eigenvalue weighted by Crippen LogP contribution is -2.42. The van der Waals surface area contributed by atoms with Crippen LogP contribution in [0.1, 0.15) is 30.5 Å². The fourth-order valence-electron chi connectivity index (χ4n) is 3.82. The summed E-state index contributed by atoms with van der Waals surface area (Å²) >= 11 is 0. The number of likely N-dealkylation sites (N-methyl/N-ethyl adjacent to an activating group) is 1. The first kappa shape index (κ1) is 25.9. The molecule has 178 valence electrons. The Hall–Kier alpha value is -3.33. The Balaban J connectivity index is 0.00000122. The van der Waals surface area contributed by atoms with Crippen molar-refractivity contribution in [2.45, 2.75) is 38.3 Å². The number of pyridine rings is 1. The molecule has 0 bridgehead atoms. The second kappa shape index (κ2) is 13.9. The van der Waals surface area contributed by atoms with Crippen LogP contribution < -0.4 is 10.6 Å². The van der Waals surface area contributed by atoms with Crippen LogP contribution in [0.25, 0.3) is 0 Å². The summed E-state index contributed by atoms with van der Waals surface area (Å²) < 4.78 is 13.3. The Morgan fingerprint density at radius 3 is 2.70 bits per heavy atom. The van der Waals surface area contributed by atoms with E-state index in [9.17, 15) is 14.0 Å². The molecular formula is C24H31FN4O4. The number of carboxylic acid groups (broad SMARTS) is 1. The molecule has 0 aliphatic carbocycles. The lowest BCUT2D eigenvalue weighted by atomic mass is 10.0. The van der Waals surface area contributed by atoms with Crippen molar-refractivity contribution in [2.75, 3.05) is 20.1 Å². The van der Waals surface area contributed by atoms with E-state index in [0.717, 1.165) is 17.7 Å². The molecule has 2 heterocycles. The molecule has 2 amide bonds. The number of likely N-dealkylation sites (tertiary alicyclic amines) is 1. The summed E-state index contributed by atoms with van der Waals surface area (Å²) in [6.45, 7) is 1.53. The largest absolute Gasteiger partial charge is 0.483 e. The molecular weight excluding hydrogens is 427 g/mol. The van der Waals surface area contributed by atoms with Crippen LogP contribution in [-0.4, -0.2) is 59.5 Å². The zero-order valence-electron chi connectivity index (χ0n) is 18.7. The van der Waals surface area contributed by atoms with Gasteiger partial charge in [-0.05, 0) is 56.1 Å². The number of hydrogen-bond acceptors (Lipinski definition) is 5. The Morgan fingerprint density at radius 1 is 1.21 bits per heavy atom. The number of aromatic nitrogens is 1. The van der Waals surface area contributed by atoms with Gasteiger partial charge < -0.3 is 20.6 Å². The number of rotatable bonds is 7.